The molecule has 0 unspecified atom stereocenters. The number of hydrogen-bond donors (Lipinski definition) is 1. The minimum Gasteiger partial charge on any atom is -0.467 e. The lowest BCUT2D eigenvalue weighted by Crippen LogP contribution is -2.01. The van der Waals surface area contributed by atoms with Crippen LogP contribution in [0.25, 0.3) is 0 Å². The van der Waals surface area contributed by atoms with Gasteiger partial charge in [0.05, 0.1) is 7.11 Å². The van der Waals surface area contributed by atoms with E-state index in [2.05, 4.69) is 36.2 Å². The molecule has 2 aromatic rings. The minimum absolute atomic E-state index is 0.0797. The molecule has 0 aliphatic carbocycles. The summed E-state index contributed by atoms with van der Waals surface area (Å²) in [7, 11) is 1.47. The second-order valence-corrected chi connectivity index (χ2v) is 4.81. The summed E-state index contributed by atoms with van der Waals surface area (Å²) in [5.74, 6) is 0.337. The molecule has 0 amide bonds. The van der Waals surface area contributed by atoms with Crippen LogP contribution in [-0.2, 0) is 0 Å². The van der Waals surface area contributed by atoms with E-state index < -0.39 is 0 Å². The van der Waals surface area contributed by atoms with Gasteiger partial charge in [0.2, 0.25) is 11.2 Å². The maximum Gasteiger partial charge on any atom is 0.322 e. The summed E-state index contributed by atoms with van der Waals surface area (Å²) in [6.45, 7) is 2.00. The lowest BCUT2D eigenvalue weighted by atomic mass is 10.2. The lowest BCUT2D eigenvalue weighted by molar-refractivity contribution is 0.379. The van der Waals surface area contributed by atoms with Gasteiger partial charge in [0, 0.05) is 10.2 Å². The number of nitrogens with zero attached hydrogens (tertiary/aromatic N) is 3. The first-order valence-corrected chi connectivity index (χ1v) is 6.23. The molecule has 0 spiro atoms. The molecular weight excluding hydrogens is 320 g/mol. The van der Waals surface area contributed by atoms with Gasteiger partial charge >= 0.3 is 6.01 Å². The molecule has 0 atom stereocenters. The number of hydrogen-bond acceptors (Lipinski definition) is 5. The van der Waals surface area contributed by atoms with Gasteiger partial charge in [0.15, 0.2) is 0 Å². The SMILES string of the molecule is COc1nc(Cl)nc(Nc2cc(C)cc(Br)c2)n1. The molecular formula is C11H10BrClN4O. The maximum atomic E-state index is 5.77. The van der Waals surface area contributed by atoms with Crippen molar-refractivity contribution < 1.29 is 4.74 Å². The first-order chi connectivity index (χ1) is 8.56. The van der Waals surface area contributed by atoms with Crippen molar-refractivity contribution in [3.63, 3.8) is 0 Å². The van der Waals surface area contributed by atoms with E-state index in [9.17, 15) is 0 Å². The highest BCUT2D eigenvalue weighted by atomic mass is 79.9. The van der Waals surface area contributed by atoms with E-state index in [1.165, 1.54) is 7.11 Å². The van der Waals surface area contributed by atoms with Gasteiger partial charge < -0.3 is 10.1 Å². The number of nitrogens with one attached hydrogen (secondary N) is 1. The van der Waals surface area contributed by atoms with Crippen molar-refractivity contribution in [1.29, 1.82) is 0 Å². The van der Waals surface area contributed by atoms with Crippen LogP contribution in [0.15, 0.2) is 22.7 Å². The van der Waals surface area contributed by atoms with Crippen molar-refractivity contribution in [2.75, 3.05) is 12.4 Å². The lowest BCUT2D eigenvalue weighted by Gasteiger charge is -2.07. The Balaban J connectivity index is 2.30. The maximum absolute atomic E-state index is 5.77. The molecule has 0 saturated heterocycles. The Hall–Kier alpha value is -1.40. The molecule has 0 saturated carbocycles. The summed E-state index contributed by atoms with van der Waals surface area (Å²) in [5.41, 5.74) is 1.96. The van der Waals surface area contributed by atoms with Crippen molar-refractivity contribution in [3.8, 4) is 6.01 Å². The molecule has 0 aliphatic rings. The van der Waals surface area contributed by atoms with Gasteiger partial charge in [-0.25, -0.2) is 0 Å². The molecule has 2 rings (SSSR count). The van der Waals surface area contributed by atoms with Crippen LogP contribution >= 0.6 is 27.5 Å². The molecule has 1 heterocycles. The monoisotopic (exact) mass is 328 g/mol. The van der Waals surface area contributed by atoms with E-state index >= 15 is 0 Å². The number of aryl methyl sites for hydroxylation is 1. The smallest absolute Gasteiger partial charge is 0.322 e. The van der Waals surface area contributed by atoms with Gasteiger partial charge in [-0.3, -0.25) is 0 Å². The largest absolute Gasteiger partial charge is 0.467 e. The van der Waals surface area contributed by atoms with Crippen LogP contribution in [0.5, 0.6) is 6.01 Å². The van der Waals surface area contributed by atoms with Crippen molar-refractivity contribution >= 4 is 39.2 Å². The van der Waals surface area contributed by atoms with Crippen LogP contribution in [0.3, 0.4) is 0 Å². The topological polar surface area (TPSA) is 59.9 Å². The van der Waals surface area contributed by atoms with E-state index in [1.54, 1.807) is 0 Å². The predicted octanol–water partition coefficient (Wildman–Crippen LogP) is 3.35. The molecule has 94 valence electrons. The first-order valence-electron chi connectivity index (χ1n) is 5.06. The highest BCUT2D eigenvalue weighted by Crippen LogP contribution is 2.22. The van der Waals surface area contributed by atoms with Gasteiger partial charge in [0.1, 0.15) is 0 Å². The van der Waals surface area contributed by atoms with Gasteiger partial charge in [-0.05, 0) is 42.3 Å². The van der Waals surface area contributed by atoms with Crippen LogP contribution < -0.4 is 10.1 Å². The fourth-order valence-electron chi connectivity index (χ4n) is 1.42. The molecule has 18 heavy (non-hydrogen) atoms. The summed E-state index contributed by atoms with van der Waals surface area (Å²) in [4.78, 5) is 11.8. The number of aromatic nitrogens is 3. The third-order valence-electron chi connectivity index (χ3n) is 2.07. The fourth-order valence-corrected chi connectivity index (χ4v) is 2.18. The molecule has 1 N–H and O–H groups in total. The number of methoxy groups -OCH3 is 1. The minimum atomic E-state index is 0.0797. The second-order valence-electron chi connectivity index (χ2n) is 3.56. The highest BCUT2D eigenvalue weighted by Gasteiger charge is 2.06. The number of anilines is 2. The summed E-state index contributed by atoms with van der Waals surface area (Å²) in [6, 6.07) is 6.06. The van der Waals surface area contributed by atoms with E-state index in [0.717, 1.165) is 15.7 Å². The van der Waals surface area contributed by atoms with Crippen molar-refractivity contribution in [2.45, 2.75) is 6.92 Å². The number of rotatable bonds is 3. The van der Waals surface area contributed by atoms with Gasteiger partial charge in [-0.2, -0.15) is 15.0 Å². The molecule has 7 heteroatoms. The third kappa shape index (κ3) is 3.30. The molecule has 0 fully saturated rings. The van der Waals surface area contributed by atoms with Gasteiger partial charge in [-0.15, -0.1) is 0 Å². The van der Waals surface area contributed by atoms with E-state index in [0.29, 0.717) is 5.95 Å². The Kier molecular flexibility index (Phi) is 3.98. The zero-order valence-electron chi connectivity index (χ0n) is 9.74. The van der Waals surface area contributed by atoms with Crippen LogP contribution in [0.1, 0.15) is 5.56 Å². The number of benzene rings is 1. The summed E-state index contributed by atoms with van der Waals surface area (Å²) >= 11 is 9.19. The van der Waals surface area contributed by atoms with Gasteiger partial charge in [-0.1, -0.05) is 15.9 Å². The average Bonchev–Trinajstić information content (AvgIpc) is 2.26. The van der Waals surface area contributed by atoms with Gasteiger partial charge in [0.25, 0.3) is 0 Å². The zero-order valence-corrected chi connectivity index (χ0v) is 12.1. The number of halogens is 2. The average molecular weight is 330 g/mol. The molecule has 5 nitrogen and oxygen atoms in total. The predicted molar refractivity (Wildman–Crippen MR) is 73.6 cm³/mol. The fraction of sp³-hybridized carbons (Fsp3) is 0.182. The molecule has 0 aliphatic heterocycles. The Morgan fingerprint density at radius 2 is 2.00 bits per heavy atom. The Labute approximate surface area is 118 Å². The molecule has 0 radical (unpaired) electrons. The van der Waals surface area contributed by atoms with E-state index in [4.69, 9.17) is 16.3 Å². The second kappa shape index (κ2) is 5.49. The Morgan fingerprint density at radius 3 is 2.67 bits per heavy atom. The van der Waals surface area contributed by atoms with Crippen LogP contribution in [0, 0.1) is 6.92 Å². The van der Waals surface area contributed by atoms with Crippen molar-refractivity contribution in [3.05, 3.63) is 33.5 Å². The van der Waals surface area contributed by atoms with Crippen LogP contribution in [0.4, 0.5) is 11.6 Å². The third-order valence-corrected chi connectivity index (χ3v) is 2.70. The summed E-state index contributed by atoms with van der Waals surface area (Å²) < 4.78 is 5.89. The zero-order chi connectivity index (χ0) is 13.1. The van der Waals surface area contributed by atoms with E-state index in [-0.39, 0.29) is 11.3 Å². The molecule has 0 bridgehead atoms. The highest BCUT2D eigenvalue weighted by molar-refractivity contribution is 9.10. The summed E-state index contributed by atoms with van der Waals surface area (Å²) in [5, 5.41) is 3.12. The Bertz CT molecular complexity index is 559. The summed E-state index contributed by atoms with van der Waals surface area (Å²) in [6.07, 6.45) is 0. The standard InChI is InChI=1S/C11H10BrClN4O/c1-6-3-7(12)5-8(4-6)14-10-15-9(13)16-11(17-10)18-2/h3-5H,1-2H3,(H,14,15,16,17). The first kappa shape index (κ1) is 13.0. The number of ether oxygens (including phenoxy) is 1. The Morgan fingerprint density at radius 1 is 1.22 bits per heavy atom. The normalized spacial score (nSPS) is 10.2. The van der Waals surface area contributed by atoms with E-state index in [1.807, 2.05) is 25.1 Å². The molecule has 1 aromatic heterocycles. The van der Waals surface area contributed by atoms with Crippen LogP contribution in [-0.4, -0.2) is 22.1 Å². The van der Waals surface area contributed by atoms with Crippen molar-refractivity contribution in [1.82, 2.24) is 15.0 Å². The van der Waals surface area contributed by atoms with Crippen molar-refractivity contribution in [2.24, 2.45) is 0 Å². The quantitative estimate of drug-likeness (QED) is 0.936. The molecule has 1 aromatic carbocycles. The van der Waals surface area contributed by atoms with Crippen LogP contribution in [0.2, 0.25) is 5.28 Å².